The van der Waals surface area contributed by atoms with E-state index >= 15 is 0 Å². The Morgan fingerprint density at radius 3 is 3.14 bits per heavy atom. The second-order valence-corrected chi connectivity index (χ2v) is 5.68. The fourth-order valence-corrected chi connectivity index (χ4v) is 3.05. The van der Waals surface area contributed by atoms with Gasteiger partial charge in [0.15, 0.2) is 0 Å². The van der Waals surface area contributed by atoms with Crippen molar-refractivity contribution in [1.82, 2.24) is 15.2 Å². The van der Waals surface area contributed by atoms with Crippen LogP contribution in [0.25, 0.3) is 10.9 Å². The van der Waals surface area contributed by atoms with Crippen LogP contribution in [0.3, 0.4) is 0 Å². The van der Waals surface area contributed by atoms with E-state index in [9.17, 15) is 9.18 Å². The van der Waals surface area contributed by atoms with Crippen molar-refractivity contribution < 1.29 is 9.18 Å². The molecular weight excluding hydrogens is 269 g/mol. The van der Waals surface area contributed by atoms with Gasteiger partial charge in [-0.15, -0.1) is 0 Å². The SMILES string of the molecule is CN1CCC[C@@H]1C(=O)NCCc1c[nH]c2cc(F)ccc12. The first-order chi connectivity index (χ1) is 10.1. The van der Waals surface area contributed by atoms with Crippen molar-refractivity contribution in [2.24, 2.45) is 0 Å². The number of aromatic nitrogens is 1. The quantitative estimate of drug-likeness (QED) is 0.905. The Morgan fingerprint density at radius 1 is 1.52 bits per heavy atom. The van der Waals surface area contributed by atoms with E-state index in [-0.39, 0.29) is 17.8 Å². The van der Waals surface area contributed by atoms with Crippen LogP contribution in [0.5, 0.6) is 0 Å². The summed E-state index contributed by atoms with van der Waals surface area (Å²) < 4.78 is 13.1. The van der Waals surface area contributed by atoms with Crippen LogP contribution >= 0.6 is 0 Å². The number of hydrogen-bond donors (Lipinski definition) is 2. The minimum atomic E-state index is -0.242. The van der Waals surface area contributed by atoms with Crippen LogP contribution < -0.4 is 5.32 Å². The molecule has 0 aliphatic carbocycles. The zero-order valence-electron chi connectivity index (χ0n) is 12.2. The van der Waals surface area contributed by atoms with Crippen LogP contribution in [0, 0.1) is 5.82 Å². The molecule has 1 atom stereocenters. The molecule has 3 rings (SSSR count). The monoisotopic (exact) mass is 289 g/mol. The molecule has 1 aromatic carbocycles. The van der Waals surface area contributed by atoms with Gasteiger partial charge in [0.1, 0.15) is 5.82 Å². The minimum Gasteiger partial charge on any atom is -0.361 e. The highest BCUT2D eigenvalue weighted by Crippen LogP contribution is 2.19. The first-order valence-electron chi connectivity index (χ1n) is 7.38. The third kappa shape index (κ3) is 2.93. The lowest BCUT2D eigenvalue weighted by atomic mass is 10.1. The number of nitrogens with zero attached hydrogens (tertiary/aromatic N) is 1. The maximum absolute atomic E-state index is 13.1. The van der Waals surface area contributed by atoms with Crippen molar-refractivity contribution in [1.29, 1.82) is 0 Å². The van der Waals surface area contributed by atoms with Crippen LogP contribution in [0.15, 0.2) is 24.4 Å². The zero-order chi connectivity index (χ0) is 14.8. The number of halogens is 1. The Labute approximate surface area is 123 Å². The van der Waals surface area contributed by atoms with E-state index in [0.29, 0.717) is 6.54 Å². The number of benzene rings is 1. The van der Waals surface area contributed by atoms with Gasteiger partial charge in [-0.05, 0) is 56.6 Å². The first-order valence-corrected chi connectivity index (χ1v) is 7.38. The summed E-state index contributed by atoms with van der Waals surface area (Å²) in [6.45, 7) is 1.60. The molecule has 1 aromatic heterocycles. The Balaban J connectivity index is 1.58. The van der Waals surface area contributed by atoms with Crippen LogP contribution in [0.2, 0.25) is 0 Å². The normalized spacial score (nSPS) is 19.2. The number of amides is 1. The van der Waals surface area contributed by atoms with Crippen molar-refractivity contribution in [2.45, 2.75) is 25.3 Å². The summed E-state index contributed by atoms with van der Waals surface area (Å²) in [7, 11) is 1.99. The summed E-state index contributed by atoms with van der Waals surface area (Å²) in [5.74, 6) is -0.130. The van der Waals surface area contributed by atoms with Crippen LogP contribution in [0.4, 0.5) is 4.39 Å². The molecule has 0 bridgehead atoms. The third-order valence-corrected chi connectivity index (χ3v) is 4.25. The highest BCUT2D eigenvalue weighted by atomic mass is 19.1. The minimum absolute atomic E-state index is 0.0158. The average Bonchev–Trinajstić information content (AvgIpc) is 3.05. The molecule has 2 heterocycles. The van der Waals surface area contributed by atoms with Crippen molar-refractivity contribution in [3.63, 3.8) is 0 Å². The smallest absolute Gasteiger partial charge is 0.237 e. The number of H-pyrrole nitrogens is 1. The Hall–Kier alpha value is -1.88. The van der Waals surface area contributed by atoms with E-state index in [2.05, 4.69) is 15.2 Å². The molecule has 5 heteroatoms. The summed E-state index contributed by atoms with van der Waals surface area (Å²) >= 11 is 0. The third-order valence-electron chi connectivity index (χ3n) is 4.25. The molecule has 2 aromatic rings. The Kier molecular flexibility index (Phi) is 3.92. The molecule has 0 spiro atoms. The van der Waals surface area contributed by atoms with Crippen molar-refractivity contribution >= 4 is 16.8 Å². The van der Waals surface area contributed by atoms with Gasteiger partial charge in [0, 0.05) is 23.6 Å². The maximum atomic E-state index is 13.1. The fourth-order valence-electron chi connectivity index (χ4n) is 3.05. The number of aromatic amines is 1. The number of carbonyl (C=O) groups is 1. The fraction of sp³-hybridized carbons (Fsp3) is 0.438. The molecule has 4 nitrogen and oxygen atoms in total. The highest BCUT2D eigenvalue weighted by Gasteiger charge is 2.27. The molecule has 0 saturated carbocycles. The number of hydrogen-bond acceptors (Lipinski definition) is 2. The predicted molar refractivity (Wildman–Crippen MR) is 80.6 cm³/mol. The molecule has 1 amide bonds. The van der Waals surface area contributed by atoms with Crippen LogP contribution in [-0.2, 0) is 11.2 Å². The lowest BCUT2D eigenvalue weighted by Gasteiger charge is -2.18. The number of fused-ring (bicyclic) bond motifs is 1. The first kappa shape index (κ1) is 14.1. The second-order valence-electron chi connectivity index (χ2n) is 5.68. The largest absolute Gasteiger partial charge is 0.361 e. The van der Waals surface area contributed by atoms with Crippen molar-refractivity contribution in [3.8, 4) is 0 Å². The summed E-state index contributed by atoms with van der Waals surface area (Å²) in [6.07, 6.45) is 4.66. The molecule has 1 fully saturated rings. The molecule has 1 aliphatic rings. The molecule has 112 valence electrons. The number of carbonyl (C=O) groups excluding carboxylic acids is 1. The van der Waals surface area contributed by atoms with Gasteiger partial charge in [-0.3, -0.25) is 9.69 Å². The molecule has 0 unspecified atom stereocenters. The maximum Gasteiger partial charge on any atom is 0.237 e. The lowest BCUT2D eigenvalue weighted by molar-refractivity contribution is -0.125. The highest BCUT2D eigenvalue weighted by molar-refractivity contribution is 5.84. The Bertz CT molecular complexity index is 652. The number of rotatable bonds is 4. The number of likely N-dealkylation sites (N-methyl/N-ethyl adjacent to an activating group) is 1. The summed E-state index contributed by atoms with van der Waals surface area (Å²) in [5, 5.41) is 4.02. The van der Waals surface area contributed by atoms with Gasteiger partial charge < -0.3 is 10.3 Å². The predicted octanol–water partition coefficient (Wildman–Crippen LogP) is 2.06. The number of likely N-dealkylation sites (tertiary alicyclic amines) is 1. The van der Waals surface area contributed by atoms with Crippen LogP contribution in [-0.4, -0.2) is 42.0 Å². The van der Waals surface area contributed by atoms with Gasteiger partial charge in [0.25, 0.3) is 0 Å². The van der Waals surface area contributed by atoms with Crippen LogP contribution in [0.1, 0.15) is 18.4 Å². The average molecular weight is 289 g/mol. The lowest BCUT2D eigenvalue weighted by Crippen LogP contribution is -2.42. The molecule has 0 radical (unpaired) electrons. The van der Waals surface area contributed by atoms with Gasteiger partial charge in [0.05, 0.1) is 6.04 Å². The van der Waals surface area contributed by atoms with Gasteiger partial charge in [-0.25, -0.2) is 4.39 Å². The zero-order valence-corrected chi connectivity index (χ0v) is 12.2. The van der Waals surface area contributed by atoms with E-state index in [4.69, 9.17) is 0 Å². The molecular formula is C16H20FN3O. The van der Waals surface area contributed by atoms with E-state index in [1.807, 2.05) is 13.2 Å². The van der Waals surface area contributed by atoms with Crippen molar-refractivity contribution in [3.05, 3.63) is 35.8 Å². The van der Waals surface area contributed by atoms with Gasteiger partial charge in [-0.2, -0.15) is 0 Å². The van der Waals surface area contributed by atoms with Gasteiger partial charge in [-0.1, -0.05) is 0 Å². The van der Waals surface area contributed by atoms with E-state index in [1.54, 1.807) is 6.07 Å². The van der Waals surface area contributed by atoms with E-state index in [1.165, 1.54) is 12.1 Å². The van der Waals surface area contributed by atoms with E-state index in [0.717, 1.165) is 42.3 Å². The van der Waals surface area contributed by atoms with Crippen molar-refractivity contribution in [2.75, 3.05) is 20.1 Å². The molecule has 21 heavy (non-hydrogen) atoms. The molecule has 1 saturated heterocycles. The number of nitrogens with one attached hydrogen (secondary N) is 2. The van der Waals surface area contributed by atoms with Gasteiger partial charge >= 0.3 is 0 Å². The van der Waals surface area contributed by atoms with E-state index < -0.39 is 0 Å². The summed E-state index contributed by atoms with van der Waals surface area (Å²) in [5.41, 5.74) is 1.90. The van der Waals surface area contributed by atoms with Gasteiger partial charge in [0.2, 0.25) is 5.91 Å². The molecule has 1 aliphatic heterocycles. The molecule has 2 N–H and O–H groups in total. The standard InChI is InChI=1S/C16H20FN3O/c1-20-8-2-3-15(20)16(21)18-7-6-11-10-19-14-9-12(17)4-5-13(11)14/h4-5,9-10,15,19H,2-3,6-8H2,1H3,(H,18,21)/t15-/m1/s1. The summed E-state index contributed by atoms with van der Waals surface area (Å²) in [4.78, 5) is 17.3. The second kappa shape index (κ2) is 5.85. The Morgan fingerprint density at radius 2 is 2.38 bits per heavy atom. The topological polar surface area (TPSA) is 48.1 Å². The summed E-state index contributed by atoms with van der Waals surface area (Å²) in [6, 6.07) is 4.75.